The SMILES string of the molecule is O=C(CSc1nnc(COc2ccccc2)o1)Nc1ccc(OC(F)F)cc1. The number of anilines is 1. The molecule has 0 aliphatic heterocycles. The maximum Gasteiger partial charge on any atom is 0.387 e. The number of benzene rings is 2. The predicted octanol–water partition coefficient (Wildman–Crippen LogP) is 3.98. The maximum atomic E-state index is 12.1. The lowest BCUT2D eigenvalue weighted by Crippen LogP contribution is -2.14. The molecule has 1 N–H and O–H groups in total. The number of amides is 1. The summed E-state index contributed by atoms with van der Waals surface area (Å²) < 4.78 is 39.4. The van der Waals surface area contributed by atoms with E-state index < -0.39 is 6.61 Å². The highest BCUT2D eigenvalue weighted by molar-refractivity contribution is 7.99. The van der Waals surface area contributed by atoms with Crippen LogP contribution < -0.4 is 14.8 Å². The van der Waals surface area contributed by atoms with Gasteiger partial charge >= 0.3 is 6.61 Å². The number of alkyl halides is 2. The molecular formula is C18H15F2N3O4S. The number of ether oxygens (including phenoxy) is 2. The quantitative estimate of drug-likeness (QED) is 0.537. The lowest BCUT2D eigenvalue weighted by molar-refractivity contribution is -0.113. The Hall–Kier alpha value is -3.14. The van der Waals surface area contributed by atoms with Crippen LogP contribution in [0.15, 0.2) is 64.2 Å². The lowest BCUT2D eigenvalue weighted by Gasteiger charge is -2.07. The average molecular weight is 407 g/mol. The fraction of sp³-hybridized carbons (Fsp3) is 0.167. The van der Waals surface area contributed by atoms with Crippen LogP contribution in [0.25, 0.3) is 0 Å². The molecule has 146 valence electrons. The Kier molecular flexibility index (Phi) is 6.79. The molecule has 0 unspecified atom stereocenters. The fourth-order valence-corrected chi connectivity index (χ4v) is 2.64. The van der Waals surface area contributed by atoms with Gasteiger partial charge in [-0.15, -0.1) is 10.2 Å². The molecule has 0 radical (unpaired) electrons. The van der Waals surface area contributed by atoms with Crippen molar-refractivity contribution in [2.45, 2.75) is 18.4 Å². The molecule has 0 saturated carbocycles. The van der Waals surface area contributed by atoms with Gasteiger partial charge in [0.15, 0.2) is 6.61 Å². The van der Waals surface area contributed by atoms with Gasteiger partial charge in [-0.05, 0) is 36.4 Å². The zero-order valence-corrected chi connectivity index (χ0v) is 15.2. The van der Waals surface area contributed by atoms with E-state index in [-0.39, 0.29) is 29.2 Å². The van der Waals surface area contributed by atoms with Crippen LogP contribution in [0.2, 0.25) is 0 Å². The van der Waals surface area contributed by atoms with Gasteiger partial charge < -0.3 is 19.2 Å². The summed E-state index contributed by atoms with van der Waals surface area (Å²) in [5, 5.41) is 10.6. The summed E-state index contributed by atoms with van der Waals surface area (Å²) in [6.07, 6.45) is 0. The molecule has 0 fully saturated rings. The van der Waals surface area contributed by atoms with Gasteiger partial charge in [0.25, 0.3) is 11.1 Å². The largest absolute Gasteiger partial charge is 0.484 e. The van der Waals surface area contributed by atoms with E-state index in [9.17, 15) is 13.6 Å². The third-order valence-corrected chi connectivity index (χ3v) is 4.06. The van der Waals surface area contributed by atoms with Crippen molar-refractivity contribution in [2.24, 2.45) is 0 Å². The number of rotatable bonds is 9. The van der Waals surface area contributed by atoms with Crippen molar-refractivity contribution in [3.8, 4) is 11.5 Å². The van der Waals surface area contributed by atoms with E-state index in [1.54, 1.807) is 0 Å². The van der Waals surface area contributed by atoms with Gasteiger partial charge in [0, 0.05) is 5.69 Å². The van der Waals surface area contributed by atoms with Crippen LogP contribution in [0, 0.1) is 0 Å². The summed E-state index contributed by atoms with van der Waals surface area (Å²) in [4.78, 5) is 12.0. The summed E-state index contributed by atoms with van der Waals surface area (Å²) in [6.45, 7) is -2.77. The second kappa shape index (κ2) is 9.70. The first-order valence-electron chi connectivity index (χ1n) is 8.06. The van der Waals surface area contributed by atoms with Gasteiger partial charge in [-0.25, -0.2) is 0 Å². The van der Waals surface area contributed by atoms with Gasteiger partial charge in [-0.2, -0.15) is 8.78 Å². The van der Waals surface area contributed by atoms with Gasteiger partial charge in [-0.3, -0.25) is 4.79 Å². The summed E-state index contributed by atoms with van der Waals surface area (Å²) >= 11 is 1.07. The standard InChI is InChI=1S/C18H15F2N3O4S/c19-17(20)26-14-8-6-12(7-9-14)21-15(24)11-28-18-23-22-16(27-18)10-25-13-4-2-1-3-5-13/h1-9,17H,10-11H2,(H,21,24). The molecule has 3 aromatic rings. The number of nitrogens with one attached hydrogen (secondary N) is 1. The highest BCUT2D eigenvalue weighted by atomic mass is 32.2. The first kappa shape index (κ1) is 19.6. The smallest absolute Gasteiger partial charge is 0.387 e. The normalized spacial score (nSPS) is 10.7. The molecule has 10 heteroatoms. The topological polar surface area (TPSA) is 86.5 Å². The van der Waals surface area contributed by atoms with Gasteiger partial charge in [0.1, 0.15) is 11.5 Å². The molecule has 1 heterocycles. The van der Waals surface area contributed by atoms with Crippen molar-refractivity contribution < 1.29 is 27.5 Å². The Morgan fingerprint density at radius 3 is 2.54 bits per heavy atom. The van der Waals surface area contributed by atoms with E-state index in [1.165, 1.54) is 24.3 Å². The predicted molar refractivity (Wildman–Crippen MR) is 97.5 cm³/mol. The Balaban J connectivity index is 1.42. The van der Waals surface area contributed by atoms with E-state index >= 15 is 0 Å². The van der Waals surface area contributed by atoms with E-state index in [0.717, 1.165) is 11.8 Å². The van der Waals surface area contributed by atoms with Crippen LogP contribution in [0.1, 0.15) is 5.89 Å². The number of halogens is 2. The molecule has 1 amide bonds. The van der Waals surface area contributed by atoms with Crippen molar-refractivity contribution in [1.29, 1.82) is 0 Å². The van der Waals surface area contributed by atoms with E-state index in [0.29, 0.717) is 17.3 Å². The van der Waals surface area contributed by atoms with Crippen molar-refractivity contribution in [2.75, 3.05) is 11.1 Å². The highest BCUT2D eigenvalue weighted by Gasteiger charge is 2.11. The summed E-state index contributed by atoms with van der Waals surface area (Å²) in [5.74, 6) is 0.711. The summed E-state index contributed by atoms with van der Waals surface area (Å²) in [6, 6.07) is 14.8. The molecule has 28 heavy (non-hydrogen) atoms. The minimum absolute atomic E-state index is 0.0125. The zero-order chi connectivity index (χ0) is 19.8. The number of carbonyl (C=O) groups excluding carboxylic acids is 1. The second-order valence-corrected chi connectivity index (χ2v) is 6.23. The number of hydrogen-bond donors (Lipinski definition) is 1. The molecule has 0 spiro atoms. The first-order valence-corrected chi connectivity index (χ1v) is 9.05. The van der Waals surface area contributed by atoms with Crippen LogP contribution in [-0.2, 0) is 11.4 Å². The lowest BCUT2D eigenvalue weighted by atomic mass is 10.3. The number of aromatic nitrogens is 2. The first-order chi connectivity index (χ1) is 13.6. The van der Waals surface area contributed by atoms with E-state index in [1.807, 2.05) is 30.3 Å². The average Bonchev–Trinajstić information content (AvgIpc) is 3.15. The fourth-order valence-electron chi connectivity index (χ4n) is 2.06. The summed E-state index contributed by atoms with van der Waals surface area (Å²) in [5.41, 5.74) is 0.453. The van der Waals surface area contributed by atoms with Crippen LogP contribution in [0.5, 0.6) is 11.5 Å². The molecule has 0 atom stereocenters. The van der Waals surface area contributed by atoms with Crippen molar-refractivity contribution in [1.82, 2.24) is 10.2 Å². The third kappa shape index (κ3) is 6.23. The highest BCUT2D eigenvalue weighted by Crippen LogP contribution is 2.20. The Bertz CT molecular complexity index is 891. The minimum Gasteiger partial charge on any atom is -0.484 e. The zero-order valence-electron chi connectivity index (χ0n) is 14.4. The molecule has 2 aromatic carbocycles. The van der Waals surface area contributed by atoms with E-state index in [2.05, 4.69) is 20.3 Å². The molecule has 0 saturated heterocycles. The Labute approximate surface area is 163 Å². The minimum atomic E-state index is -2.89. The van der Waals surface area contributed by atoms with Crippen LogP contribution in [-0.4, -0.2) is 28.5 Å². The van der Waals surface area contributed by atoms with Crippen LogP contribution in [0.4, 0.5) is 14.5 Å². The molecule has 0 aliphatic rings. The number of nitrogens with zero attached hydrogens (tertiary/aromatic N) is 2. The molecular weight excluding hydrogens is 392 g/mol. The monoisotopic (exact) mass is 407 g/mol. The Morgan fingerprint density at radius 2 is 1.82 bits per heavy atom. The maximum absolute atomic E-state index is 12.1. The number of para-hydroxylation sites is 1. The van der Waals surface area contributed by atoms with Crippen LogP contribution >= 0.6 is 11.8 Å². The van der Waals surface area contributed by atoms with Gasteiger partial charge in [0.05, 0.1) is 5.75 Å². The molecule has 0 aliphatic carbocycles. The number of thioether (sulfide) groups is 1. The van der Waals surface area contributed by atoms with E-state index in [4.69, 9.17) is 9.15 Å². The number of hydrogen-bond acceptors (Lipinski definition) is 7. The van der Waals surface area contributed by atoms with Gasteiger partial charge in [0.2, 0.25) is 5.91 Å². The second-order valence-electron chi connectivity index (χ2n) is 5.30. The van der Waals surface area contributed by atoms with Crippen molar-refractivity contribution in [3.63, 3.8) is 0 Å². The van der Waals surface area contributed by atoms with Crippen LogP contribution in [0.3, 0.4) is 0 Å². The molecule has 3 rings (SSSR count). The molecule has 7 nitrogen and oxygen atoms in total. The third-order valence-electron chi connectivity index (χ3n) is 3.24. The van der Waals surface area contributed by atoms with Crippen molar-refractivity contribution >= 4 is 23.4 Å². The molecule has 1 aromatic heterocycles. The number of carbonyl (C=O) groups is 1. The van der Waals surface area contributed by atoms with Gasteiger partial charge in [-0.1, -0.05) is 30.0 Å². The summed E-state index contributed by atoms with van der Waals surface area (Å²) in [7, 11) is 0. The Morgan fingerprint density at radius 1 is 1.07 bits per heavy atom. The van der Waals surface area contributed by atoms with Crippen molar-refractivity contribution in [3.05, 3.63) is 60.5 Å². The molecule has 0 bridgehead atoms.